The summed E-state index contributed by atoms with van der Waals surface area (Å²) in [5, 5.41) is 14.7. The topological polar surface area (TPSA) is 86.4 Å². The maximum Gasteiger partial charge on any atom is 0.279 e. The second-order valence-electron chi connectivity index (χ2n) is 6.46. The Balaban J connectivity index is 2.52. The highest BCUT2D eigenvalue weighted by molar-refractivity contribution is 6.32. The highest BCUT2D eigenvalue weighted by Gasteiger charge is 2.18. The molecule has 0 heterocycles. The van der Waals surface area contributed by atoms with Crippen molar-refractivity contribution in [3.63, 3.8) is 0 Å². The van der Waals surface area contributed by atoms with Crippen molar-refractivity contribution in [3.05, 3.63) is 28.8 Å². The molecule has 0 radical (unpaired) electrons. The van der Waals surface area contributed by atoms with Gasteiger partial charge in [-0.2, -0.15) is 5.26 Å². The monoisotopic (exact) mass is 337 g/mol. The first kappa shape index (κ1) is 18.9. The van der Waals surface area contributed by atoms with Crippen LogP contribution < -0.4 is 15.5 Å². The van der Waals surface area contributed by atoms with Crippen LogP contribution in [0.2, 0.25) is 5.02 Å². The Bertz CT molecular complexity index is 632. The second kappa shape index (κ2) is 7.95. The van der Waals surface area contributed by atoms with Crippen molar-refractivity contribution in [2.45, 2.75) is 26.3 Å². The summed E-state index contributed by atoms with van der Waals surface area (Å²) in [6.45, 7) is 6.07. The van der Waals surface area contributed by atoms with E-state index in [1.165, 1.54) is 6.07 Å². The number of carbonyl (C=O) groups is 2. The van der Waals surface area contributed by atoms with Gasteiger partial charge < -0.3 is 15.5 Å². The Morgan fingerprint density at radius 3 is 2.39 bits per heavy atom. The van der Waals surface area contributed by atoms with E-state index in [4.69, 9.17) is 16.9 Å². The molecule has 0 aromatic heterocycles. The molecule has 1 aromatic carbocycles. The Hall–Kier alpha value is -2.10. The van der Waals surface area contributed by atoms with Crippen LogP contribution in [-0.4, -0.2) is 37.5 Å². The van der Waals surface area contributed by atoms with Gasteiger partial charge in [-0.05, 0) is 39.0 Å². The van der Waals surface area contributed by atoms with Crippen molar-refractivity contribution < 1.29 is 14.5 Å². The van der Waals surface area contributed by atoms with E-state index in [9.17, 15) is 9.59 Å². The number of likely N-dealkylation sites (N-methyl/N-ethyl adjacent to an activating group) is 1. The first-order valence-electron chi connectivity index (χ1n) is 7.22. The largest absolute Gasteiger partial charge is 0.347 e. The molecule has 0 aliphatic heterocycles. The number of anilines is 1. The summed E-state index contributed by atoms with van der Waals surface area (Å²) in [5.74, 6) is -0.337. The summed E-state index contributed by atoms with van der Waals surface area (Å²) < 4.78 is 0. The zero-order valence-corrected chi connectivity index (χ0v) is 14.5. The molecule has 0 fully saturated rings. The molecule has 1 unspecified atom stereocenters. The van der Waals surface area contributed by atoms with Crippen LogP contribution in [0.25, 0.3) is 0 Å². The quantitative estimate of drug-likeness (QED) is 0.734. The number of rotatable bonds is 5. The molecule has 1 aromatic rings. The average molecular weight is 338 g/mol. The fraction of sp³-hybridized carbons (Fsp3) is 0.438. The molecule has 0 aliphatic carbocycles. The zero-order valence-electron chi connectivity index (χ0n) is 13.8. The Morgan fingerprint density at radius 2 is 1.87 bits per heavy atom. The molecule has 0 saturated heterocycles. The fourth-order valence-corrected chi connectivity index (χ4v) is 2.18. The number of hydrogen-bond donors (Lipinski definition) is 3. The van der Waals surface area contributed by atoms with Crippen molar-refractivity contribution in [3.8, 4) is 6.07 Å². The molecule has 1 atom stereocenters. The van der Waals surface area contributed by atoms with Gasteiger partial charge in [0.1, 0.15) is 6.07 Å². The summed E-state index contributed by atoms with van der Waals surface area (Å²) >= 11 is 5.92. The third-order valence-corrected chi connectivity index (χ3v) is 3.13. The number of hydrogen-bond acceptors (Lipinski definition) is 3. The van der Waals surface area contributed by atoms with Crippen molar-refractivity contribution >= 4 is 29.1 Å². The van der Waals surface area contributed by atoms with Gasteiger partial charge in [0.05, 0.1) is 17.6 Å². The first-order valence-corrected chi connectivity index (χ1v) is 7.60. The first-order chi connectivity index (χ1) is 10.6. The molecule has 0 spiro atoms. The minimum absolute atomic E-state index is 0.107. The minimum Gasteiger partial charge on any atom is -0.347 e. The van der Waals surface area contributed by atoms with E-state index in [0.29, 0.717) is 11.3 Å². The minimum atomic E-state index is -0.293. The molecule has 6 nitrogen and oxygen atoms in total. The molecule has 3 N–H and O–H groups in total. The van der Waals surface area contributed by atoms with Gasteiger partial charge in [-0.3, -0.25) is 9.59 Å². The van der Waals surface area contributed by atoms with Crippen LogP contribution in [0, 0.1) is 11.3 Å². The number of carbonyl (C=O) groups excluding carboxylic acids is 2. The molecular formula is C16H22ClN4O2+. The standard InChI is InChI=1S/C16H21ClN4O2/c1-16(2,3)20-15(23)10-21(4)9-14(22)19-12-6-5-11(8-18)13(17)7-12/h5-7H,9-10H2,1-4H3,(H,19,22)(H,20,23)/p+1. The lowest BCUT2D eigenvalue weighted by Crippen LogP contribution is -3.11. The number of nitrogens with one attached hydrogen (secondary N) is 3. The molecule has 0 aliphatic rings. The molecular weight excluding hydrogens is 316 g/mol. The fourth-order valence-electron chi connectivity index (χ4n) is 1.96. The van der Waals surface area contributed by atoms with Gasteiger partial charge >= 0.3 is 0 Å². The van der Waals surface area contributed by atoms with Crippen LogP contribution in [0.5, 0.6) is 0 Å². The van der Waals surface area contributed by atoms with Crippen LogP contribution in [0.15, 0.2) is 18.2 Å². The van der Waals surface area contributed by atoms with Gasteiger partial charge in [0, 0.05) is 11.2 Å². The predicted octanol–water partition coefficient (Wildman–Crippen LogP) is 0.580. The van der Waals surface area contributed by atoms with Crippen LogP contribution in [0.1, 0.15) is 26.3 Å². The molecule has 23 heavy (non-hydrogen) atoms. The van der Waals surface area contributed by atoms with Gasteiger partial charge in [0.25, 0.3) is 11.8 Å². The molecule has 0 saturated carbocycles. The van der Waals surface area contributed by atoms with E-state index in [0.717, 1.165) is 4.90 Å². The molecule has 2 amide bonds. The third-order valence-electron chi connectivity index (χ3n) is 2.81. The van der Waals surface area contributed by atoms with E-state index in [1.807, 2.05) is 26.8 Å². The van der Waals surface area contributed by atoms with Crippen molar-refractivity contribution in [2.75, 3.05) is 25.5 Å². The summed E-state index contributed by atoms with van der Waals surface area (Å²) in [6, 6.07) is 6.64. The Morgan fingerprint density at radius 1 is 1.26 bits per heavy atom. The van der Waals surface area contributed by atoms with Gasteiger partial charge in [0.15, 0.2) is 13.1 Å². The van der Waals surface area contributed by atoms with E-state index in [-0.39, 0.29) is 35.5 Å². The van der Waals surface area contributed by atoms with Crippen molar-refractivity contribution in [1.29, 1.82) is 5.26 Å². The summed E-state index contributed by atoms with van der Waals surface area (Å²) in [5.41, 5.74) is 0.580. The van der Waals surface area contributed by atoms with Crippen LogP contribution >= 0.6 is 11.6 Å². The lowest BCUT2D eigenvalue weighted by Gasteiger charge is -2.21. The summed E-state index contributed by atoms with van der Waals surface area (Å²) in [4.78, 5) is 24.6. The molecule has 7 heteroatoms. The van der Waals surface area contributed by atoms with Gasteiger partial charge in [-0.25, -0.2) is 0 Å². The third kappa shape index (κ3) is 7.13. The Labute approximate surface area is 141 Å². The SMILES string of the molecule is C[NH+](CC(=O)Nc1ccc(C#N)c(Cl)c1)CC(=O)NC(C)(C)C. The predicted molar refractivity (Wildman–Crippen MR) is 89.3 cm³/mol. The number of halogens is 1. The van der Waals surface area contributed by atoms with E-state index in [1.54, 1.807) is 19.2 Å². The van der Waals surface area contributed by atoms with E-state index < -0.39 is 0 Å². The number of nitriles is 1. The lowest BCUT2D eigenvalue weighted by molar-refractivity contribution is -0.862. The second-order valence-corrected chi connectivity index (χ2v) is 6.87. The summed E-state index contributed by atoms with van der Waals surface area (Å²) in [7, 11) is 1.77. The maximum absolute atomic E-state index is 12.0. The molecule has 0 bridgehead atoms. The highest BCUT2D eigenvalue weighted by Crippen LogP contribution is 2.19. The van der Waals surface area contributed by atoms with Crippen LogP contribution in [0.4, 0.5) is 5.69 Å². The lowest BCUT2D eigenvalue weighted by atomic mass is 10.1. The van der Waals surface area contributed by atoms with Gasteiger partial charge in [-0.1, -0.05) is 11.6 Å². The van der Waals surface area contributed by atoms with E-state index in [2.05, 4.69) is 10.6 Å². The van der Waals surface area contributed by atoms with E-state index >= 15 is 0 Å². The van der Waals surface area contributed by atoms with Gasteiger partial charge in [0.2, 0.25) is 0 Å². The molecule has 1 rings (SSSR count). The van der Waals surface area contributed by atoms with Crippen LogP contribution in [-0.2, 0) is 9.59 Å². The Kier molecular flexibility index (Phi) is 6.55. The summed E-state index contributed by atoms with van der Waals surface area (Å²) in [6.07, 6.45) is 0. The normalized spacial score (nSPS) is 12.2. The maximum atomic E-state index is 12.0. The number of quaternary nitrogens is 1. The number of amides is 2. The average Bonchev–Trinajstić information content (AvgIpc) is 2.35. The van der Waals surface area contributed by atoms with Gasteiger partial charge in [-0.15, -0.1) is 0 Å². The zero-order chi connectivity index (χ0) is 17.6. The molecule has 124 valence electrons. The number of benzene rings is 1. The smallest absolute Gasteiger partial charge is 0.279 e. The van der Waals surface area contributed by atoms with Crippen LogP contribution in [0.3, 0.4) is 0 Å². The van der Waals surface area contributed by atoms with Crippen molar-refractivity contribution in [1.82, 2.24) is 5.32 Å². The number of nitrogens with zero attached hydrogens (tertiary/aromatic N) is 1. The highest BCUT2D eigenvalue weighted by atomic mass is 35.5. The van der Waals surface area contributed by atoms with Crippen molar-refractivity contribution in [2.24, 2.45) is 0 Å².